The Morgan fingerprint density at radius 3 is 2.77 bits per heavy atom. The number of aryl methyl sites for hydroxylation is 3. The molecule has 118 valence electrons. The van der Waals surface area contributed by atoms with Crippen LogP contribution in [-0.2, 0) is 18.3 Å². The first kappa shape index (κ1) is 16.4. The van der Waals surface area contributed by atoms with Crippen molar-refractivity contribution in [1.29, 1.82) is 0 Å². The van der Waals surface area contributed by atoms with E-state index in [2.05, 4.69) is 42.5 Å². The monoisotopic (exact) mass is 301 g/mol. The van der Waals surface area contributed by atoms with Gasteiger partial charge >= 0.3 is 0 Å². The number of nitrogens with one attached hydrogen (secondary N) is 1. The molecule has 0 spiro atoms. The molecule has 1 heterocycles. The molecule has 1 aromatic heterocycles. The van der Waals surface area contributed by atoms with Gasteiger partial charge in [-0.15, -0.1) is 0 Å². The third kappa shape index (κ3) is 3.81. The molecule has 1 N–H and O–H groups in total. The molecule has 0 saturated carbocycles. The lowest BCUT2D eigenvalue weighted by atomic mass is 10.0. The molecule has 1 aromatic carbocycles. The van der Waals surface area contributed by atoms with E-state index in [0.717, 1.165) is 16.8 Å². The van der Waals surface area contributed by atoms with Gasteiger partial charge in [0, 0.05) is 38.4 Å². The number of methoxy groups -OCH3 is 1. The third-order valence-electron chi connectivity index (χ3n) is 3.60. The average Bonchev–Trinajstić information content (AvgIpc) is 2.50. The summed E-state index contributed by atoms with van der Waals surface area (Å²) < 4.78 is 6.40. The van der Waals surface area contributed by atoms with E-state index in [9.17, 15) is 4.79 Å². The van der Waals surface area contributed by atoms with Gasteiger partial charge in [0.15, 0.2) is 0 Å². The summed E-state index contributed by atoms with van der Waals surface area (Å²) in [5.41, 5.74) is 4.86. The van der Waals surface area contributed by atoms with Crippen molar-refractivity contribution < 1.29 is 4.74 Å². The van der Waals surface area contributed by atoms with Crippen molar-refractivity contribution in [3.05, 3.63) is 51.3 Å². The molecule has 0 atom stereocenters. The van der Waals surface area contributed by atoms with E-state index in [1.54, 1.807) is 14.2 Å². The first-order valence-electron chi connectivity index (χ1n) is 7.37. The molecule has 0 aliphatic heterocycles. The number of aromatic nitrogens is 2. The zero-order chi connectivity index (χ0) is 16.1. The van der Waals surface area contributed by atoms with Crippen molar-refractivity contribution in [3.8, 4) is 11.3 Å². The van der Waals surface area contributed by atoms with Crippen LogP contribution in [0.5, 0.6) is 0 Å². The molecule has 0 aliphatic carbocycles. The normalized spacial score (nSPS) is 10.9. The van der Waals surface area contributed by atoms with Gasteiger partial charge in [0.1, 0.15) is 0 Å². The summed E-state index contributed by atoms with van der Waals surface area (Å²) in [5, 5.41) is 7.61. The number of hydrogen-bond donors (Lipinski definition) is 1. The largest absolute Gasteiger partial charge is 0.383 e. The van der Waals surface area contributed by atoms with Crippen molar-refractivity contribution in [2.45, 2.75) is 20.4 Å². The zero-order valence-corrected chi connectivity index (χ0v) is 13.6. The van der Waals surface area contributed by atoms with Crippen LogP contribution in [0.25, 0.3) is 11.3 Å². The van der Waals surface area contributed by atoms with Crippen molar-refractivity contribution in [2.75, 3.05) is 20.3 Å². The second-order valence-corrected chi connectivity index (χ2v) is 5.47. The number of rotatable bonds is 6. The minimum absolute atomic E-state index is 0.0704. The predicted molar refractivity (Wildman–Crippen MR) is 88.0 cm³/mol. The molecule has 5 nitrogen and oxygen atoms in total. The average molecular weight is 301 g/mol. The molecule has 0 radical (unpaired) electrons. The highest BCUT2D eigenvalue weighted by Gasteiger charge is 2.10. The van der Waals surface area contributed by atoms with Crippen molar-refractivity contribution >= 4 is 0 Å². The number of hydrogen-bond acceptors (Lipinski definition) is 4. The summed E-state index contributed by atoms with van der Waals surface area (Å²) in [4.78, 5) is 12.2. The van der Waals surface area contributed by atoms with Crippen LogP contribution < -0.4 is 10.9 Å². The minimum atomic E-state index is -0.0704. The maximum atomic E-state index is 12.2. The summed E-state index contributed by atoms with van der Waals surface area (Å²) in [6, 6.07) is 8.14. The summed E-state index contributed by atoms with van der Waals surface area (Å²) in [6.07, 6.45) is 0. The summed E-state index contributed by atoms with van der Waals surface area (Å²) >= 11 is 0. The van der Waals surface area contributed by atoms with Crippen LogP contribution >= 0.6 is 0 Å². The number of nitrogens with zero attached hydrogens (tertiary/aromatic N) is 2. The maximum Gasteiger partial charge on any atom is 0.271 e. The SMILES string of the molecule is COCCNCc1cc(-c2cc(C)ccc2C)nn(C)c1=O. The van der Waals surface area contributed by atoms with Crippen molar-refractivity contribution in [1.82, 2.24) is 15.1 Å². The first-order valence-corrected chi connectivity index (χ1v) is 7.37. The van der Waals surface area contributed by atoms with Crippen LogP contribution in [0.3, 0.4) is 0 Å². The molecule has 0 aliphatic rings. The van der Waals surface area contributed by atoms with Crippen molar-refractivity contribution in [2.24, 2.45) is 7.05 Å². The van der Waals surface area contributed by atoms with Gasteiger partial charge in [-0.3, -0.25) is 4.79 Å². The molecular formula is C17H23N3O2. The Morgan fingerprint density at radius 1 is 1.27 bits per heavy atom. The third-order valence-corrected chi connectivity index (χ3v) is 3.60. The fourth-order valence-corrected chi connectivity index (χ4v) is 2.34. The summed E-state index contributed by atoms with van der Waals surface area (Å²) in [7, 11) is 3.35. The van der Waals surface area contributed by atoms with Crippen LogP contribution in [0.2, 0.25) is 0 Å². The molecule has 5 heteroatoms. The van der Waals surface area contributed by atoms with Crippen LogP contribution in [-0.4, -0.2) is 30.0 Å². The van der Waals surface area contributed by atoms with Gasteiger partial charge in [-0.2, -0.15) is 5.10 Å². The van der Waals surface area contributed by atoms with Crippen LogP contribution in [0.1, 0.15) is 16.7 Å². The zero-order valence-electron chi connectivity index (χ0n) is 13.6. The van der Waals surface area contributed by atoms with Crippen molar-refractivity contribution in [3.63, 3.8) is 0 Å². The summed E-state index contributed by atoms with van der Waals surface area (Å²) in [6.45, 7) is 5.95. The number of ether oxygens (including phenoxy) is 1. The van der Waals surface area contributed by atoms with Crippen LogP contribution in [0.15, 0.2) is 29.1 Å². The molecule has 2 rings (SSSR count). The van der Waals surface area contributed by atoms with E-state index in [-0.39, 0.29) is 5.56 Å². The maximum absolute atomic E-state index is 12.2. The van der Waals surface area contributed by atoms with E-state index in [1.165, 1.54) is 10.2 Å². The predicted octanol–water partition coefficient (Wildman–Crippen LogP) is 1.80. The first-order chi connectivity index (χ1) is 10.5. The topological polar surface area (TPSA) is 56.1 Å². The molecular weight excluding hydrogens is 278 g/mol. The van der Waals surface area contributed by atoms with Gasteiger partial charge in [0.05, 0.1) is 12.3 Å². The fraction of sp³-hybridized carbons (Fsp3) is 0.412. The van der Waals surface area contributed by atoms with E-state index >= 15 is 0 Å². The van der Waals surface area contributed by atoms with Gasteiger partial charge in [0.2, 0.25) is 0 Å². The van der Waals surface area contributed by atoms with Gasteiger partial charge in [0.25, 0.3) is 5.56 Å². The van der Waals surface area contributed by atoms with Gasteiger partial charge in [-0.05, 0) is 31.5 Å². The fourth-order valence-electron chi connectivity index (χ4n) is 2.34. The Hall–Kier alpha value is -1.98. The second-order valence-electron chi connectivity index (χ2n) is 5.47. The summed E-state index contributed by atoms with van der Waals surface area (Å²) in [5.74, 6) is 0. The standard InChI is InChI=1S/C17H23N3O2/c1-12-5-6-13(2)15(9-12)16-10-14(11-18-7-8-22-4)17(21)20(3)19-16/h5-6,9-10,18H,7-8,11H2,1-4H3. The van der Waals surface area contributed by atoms with E-state index in [1.807, 2.05) is 6.07 Å². The molecule has 0 unspecified atom stereocenters. The Labute approximate surface area is 130 Å². The number of benzene rings is 1. The lowest BCUT2D eigenvalue weighted by Crippen LogP contribution is -2.28. The van der Waals surface area contributed by atoms with Crippen LogP contribution in [0, 0.1) is 13.8 Å². The Morgan fingerprint density at radius 2 is 2.05 bits per heavy atom. The molecule has 0 bridgehead atoms. The molecule has 2 aromatic rings. The lowest BCUT2D eigenvalue weighted by molar-refractivity contribution is 0.199. The highest BCUT2D eigenvalue weighted by atomic mass is 16.5. The van der Waals surface area contributed by atoms with E-state index in [4.69, 9.17) is 4.74 Å². The van der Waals surface area contributed by atoms with Crippen LogP contribution in [0.4, 0.5) is 0 Å². The Bertz CT molecular complexity index is 708. The molecule has 0 amide bonds. The molecule has 0 saturated heterocycles. The van der Waals surface area contributed by atoms with E-state index < -0.39 is 0 Å². The Balaban J connectivity index is 2.35. The molecule has 22 heavy (non-hydrogen) atoms. The smallest absolute Gasteiger partial charge is 0.271 e. The quantitative estimate of drug-likeness (QED) is 0.827. The lowest BCUT2D eigenvalue weighted by Gasteiger charge is -2.11. The van der Waals surface area contributed by atoms with Gasteiger partial charge in [-0.1, -0.05) is 17.7 Å². The second kappa shape index (κ2) is 7.33. The van der Waals surface area contributed by atoms with Gasteiger partial charge in [-0.25, -0.2) is 4.68 Å². The Kier molecular flexibility index (Phi) is 5.46. The highest BCUT2D eigenvalue weighted by Crippen LogP contribution is 2.22. The minimum Gasteiger partial charge on any atom is -0.383 e. The van der Waals surface area contributed by atoms with Gasteiger partial charge < -0.3 is 10.1 Å². The molecule has 0 fully saturated rings. The van der Waals surface area contributed by atoms with E-state index in [0.29, 0.717) is 25.3 Å². The highest BCUT2D eigenvalue weighted by molar-refractivity contribution is 5.64.